The van der Waals surface area contributed by atoms with Crippen molar-refractivity contribution in [3.8, 4) is 0 Å². The molecule has 2 heteroatoms. The van der Waals surface area contributed by atoms with Gasteiger partial charge in [-0.15, -0.1) is 0 Å². The predicted molar refractivity (Wildman–Crippen MR) is 66.1 cm³/mol. The van der Waals surface area contributed by atoms with Gasteiger partial charge in [0.2, 0.25) is 0 Å². The number of allylic oxidation sites excluding steroid dienone is 2. The van der Waals surface area contributed by atoms with Crippen LogP contribution in [0.4, 0.5) is 0 Å². The van der Waals surface area contributed by atoms with E-state index in [9.17, 15) is 5.11 Å². The molecule has 1 aromatic carbocycles. The maximum absolute atomic E-state index is 10.2. The third-order valence-corrected chi connectivity index (χ3v) is 2.31. The summed E-state index contributed by atoms with van der Waals surface area (Å²) in [6, 6.07) is 9.32. The number of benzene rings is 1. The predicted octanol–water partition coefficient (Wildman–Crippen LogP) is 1.98. The first kappa shape index (κ1) is 11.7. The summed E-state index contributed by atoms with van der Waals surface area (Å²) in [4.78, 5) is 0. The number of hydrogen-bond donors (Lipinski definition) is 1. The van der Waals surface area contributed by atoms with Crippen molar-refractivity contribution in [1.29, 1.82) is 0 Å². The molecule has 1 N–H and O–H groups in total. The van der Waals surface area contributed by atoms with Crippen molar-refractivity contribution in [1.82, 2.24) is 0 Å². The molecule has 0 heterocycles. The molecule has 0 saturated heterocycles. The first-order valence-electron chi connectivity index (χ1n) is 4.79. The van der Waals surface area contributed by atoms with Crippen LogP contribution in [0.1, 0.15) is 12.5 Å². The van der Waals surface area contributed by atoms with E-state index in [-0.39, 0.29) is 0 Å². The molecular weight excluding hydrogens is 183 g/mol. The van der Waals surface area contributed by atoms with Gasteiger partial charge >= 0.3 is 91.3 Å². The minimum atomic E-state index is -1.14. The molecule has 0 aliphatic carbocycles. The molecule has 0 bridgehead atoms. The third kappa shape index (κ3) is 2.77. The second kappa shape index (κ2) is 4.90. The third-order valence-electron chi connectivity index (χ3n) is 2.31. The zero-order valence-electron chi connectivity index (χ0n) is 8.85. The fourth-order valence-corrected chi connectivity index (χ4v) is 1.26. The summed E-state index contributed by atoms with van der Waals surface area (Å²) in [5.41, 5.74) is 0.0330. The molecule has 15 heavy (non-hydrogen) atoms. The monoisotopic (exact) mass is 197 g/mol. The van der Waals surface area contributed by atoms with Gasteiger partial charge in [-0.1, -0.05) is 0 Å². The van der Waals surface area contributed by atoms with Gasteiger partial charge in [-0.25, -0.2) is 0 Å². The van der Waals surface area contributed by atoms with Crippen LogP contribution in [-0.2, 0) is 5.60 Å². The minimum absolute atomic E-state index is 0.397. The topological polar surface area (TPSA) is 20.2 Å². The van der Waals surface area contributed by atoms with E-state index in [0.717, 1.165) is 5.56 Å². The summed E-state index contributed by atoms with van der Waals surface area (Å²) in [6.45, 7) is 5.22. The van der Waals surface area contributed by atoms with Gasteiger partial charge in [0.1, 0.15) is 0 Å². The van der Waals surface area contributed by atoms with Crippen LogP contribution in [0.3, 0.4) is 0 Å². The van der Waals surface area contributed by atoms with Crippen molar-refractivity contribution in [3.05, 3.63) is 60.7 Å². The second-order valence-electron chi connectivity index (χ2n) is 3.49. The normalized spacial score (nSPS) is 14.7. The van der Waals surface area contributed by atoms with Crippen LogP contribution in [-0.4, -0.2) is 18.1 Å². The van der Waals surface area contributed by atoms with Gasteiger partial charge in [0.25, 0.3) is 0 Å². The molecule has 0 spiro atoms. The molecule has 0 saturated carbocycles. The molecule has 0 amide bonds. The standard InChI is InChI=1S/C13H14BO/c1-3-4-10-12(14)13(2,15)11-8-6-5-7-9-11/h3-10,15H,1H2,2H3/b10-4-. The first-order chi connectivity index (χ1) is 7.09. The van der Waals surface area contributed by atoms with E-state index in [4.69, 9.17) is 7.49 Å². The van der Waals surface area contributed by atoms with Crippen LogP contribution in [0.25, 0.3) is 0 Å². The van der Waals surface area contributed by atoms with Crippen molar-refractivity contribution in [2.45, 2.75) is 12.5 Å². The molecule has 1 rings (SSSR count). The Morgan fingerprint density at radius 2 is 2.00 bits per heavy atom. The van der Waals surface area contributed by atoms with Crippen LogP contribution in [0.15, 0.2) is 55.1 Å². The van der Waals surface area contributed by atoms with Gasteiger partial charge in [-0.3, -0.25) is 0 Å². The van der Waals surface area contributed by atoms with Crippen LogP contribution in [0.2, 0.25) is 0 Å². The van der Waals surface area contributed by atoms with Crippen molar-refractivity contribution in [2.24, 2.45) is 0 Å². The number of rotatable bonds is 4. The summed E-state index contributed by atoms with van der Waals surface area (Å²) >= 11 is 0. The average Bonchev–Trinajstić information content (AvgIpc) is 2.27. The van der Waals surface area contributed by atoms with Gasteiger partial charge in [-0.05, 0) is 0 Å². The van der Waals surface area contributed by atoms with E-state index < -0.39 is 5.60 Å². The van der Waals surface area contributed by atoms with Gasteiger partial charge < -0.3 is 0 Å². The summed E-state index contributed by atoms with van der Waals surface area (Å²) in [7, 11) is 5.80. The van der Waals surface area contributed by atoms with E-state index in [2.05, 4.69) is 6.58 Å². The number of hydrogen-bond acceptors (Lipinski definition) is 1. The molecule has 1 radical (unpaired) electrons. The van der Waals surface area contributed by atoms with E-state index in [1.807, 2.05) is 30.3 Å². The molecule has 0 aromatic heterocycles. The van der Waals surface area contributed by atoms with E-state index >= 15 is 0 Å². The maximum atomic E-state index is 10.2. The molecule has 1 nitrogen and oxygen atoms in total. The Labute approximate surface area is 91.8 Å². The van der Waals surface area contributed by atoms with Crippen molar-refractivity contribution < 1.29 is 5.11 Å². The molecule has 1 aromatic rings. The summed E-state index contributed by atoms with van der Waals surface area (Å²) in [6.07, 6.45) is 4.97. The van der Waals surface area contributed by atoms with Crippen LogP contribution < -0.4 is 0 Å². The molecule has 1 unspecified atom stereocenters. The molecule has 0 aliphatic rings. The Kier molecular flexibility index (Phi) is 3.81. The van der Waals surface area contributed by atoms with Crippen molar-refractivity contribution in [3.63, 3.8) is 0 Å². The van der Waals surface area contributed by atoms with Crippen molar-refractivity contribution >= 4 is 13.0 Å². The Morgan fingerprint density at radius 1 is 1.40 bits per heavy atom. The SMILES string of the molecule is [B]=C(/C=C\C=C)C(C)(O)c1ccccc1. The zero-order valence-corrected chi connectivity index (χ0v) is 8.85. The molecule has 0 fully saturated rings. The van der Waals surface area contributed by atoms with E-state index in [1.54, 1.807) is 25.2 Å². The zero-order chi connectivity index (χ0) is 11.3. The van der Waals surface area contributed by atoms with Gasteiger partial charge in [0.05, 0.1) is 0 Å². The Bertz CT molecular complexity index is 377. The molecular formula is C13H14BO. The molecule has 0 aliphatic heterocycles. The molecule has 75 valence electrons. The Morgan fingerprint density at radius 3 is 2.53 bits per heavy atom. The Hall–Kier alpha value is -1.41. The summed E-state index contributed by atoms with van der Waals surface area (Å²) in [5, 5.41) is 10.2. The quantitative estimate of drug-likeness (QED) is 0.577. The summed E-state index contributed by atoms with van der Waals surface area (Å²) in [5.74, 6) is 0. The first-order valence-corrected chi connectivity index (χ1v) is 4.79. The van der Waals surface area contributed by atoms with Crippen LogP contribution >= 0.6 is 0 Å². The second-order valence-corrected chi connectivity index (χ2v) is 3.49. The van der Waals surface area contributed by atoms with Gasteiger partial charge in [0.15, 0.2) is 0 Å². The van der Waals surface area contributed by atoms with E-state index in [0.29, 0.717) is 5.46 Å². The fraction of sp³-hybridized carbons (Fsp3) is 0.154. The van der Waals surface area contributed by atoms with Gasteiger partial charge in [0, 0.05) is 0 Å². The van der Waals surface area contributed by atoms with Crippen LogP contribution in [0.5, 0.6) is 0 Å². The van der Waals surface area contributed by atoms with Crippen LogP contribution in [0, 0.1) is 0 Å². The fourth-order valence-electron chi connectivity index (χ4n) is 1.26. The van der Waals surface area contributed by atoms with Gasteiger partial charge in [-0.2, -0.15) is 0 Å². The number of aliphatic hydroxyl groups is 1. The average molecular weight is 197 g/mol. The van der Waals surface area contributed by atoms with E-state index in [1.165, 1.54) is 0 Å². The summed E-state index contributed by atoms with van der Waals surface area (Å²) < 4.78 is 0. The van der Waals surface area contributed by atoms with Crippen molar-refractivity contribution in [2.75, 3.05) is 0 Å². The molecule has 1 atom stereocenters. The Balaban J connectivity index is 2.97.